The highest BCUT2D eigenvalue weighted by molar-refractivity contribution is 5.78. The van der Waals surface area contributed by atoms with Gasteiger partial charge in [-0.3, -0.25) is 4.79 Å². The van der Waals surface area contributed by atoms with Crippen LogP contribution in [0, 0.1) is 0 Å². The number of hydrogen-bond donors (Lipinski definition) is 2. The van der Waals surface area contributed by atoms with Crippen LogP contribution in [0.25, 0.3) is 0 Å². The van der Waals surface area contributed by atoms with Crippen molar-refractivity contribution >= 4 is 5.91 Å². The van der Waals surface area contributed by atoms with Crippen molar-refractivity contribution in [3.8, 4) is 5.75 Å². The van der Waals surface area contributed by atoms with Gasteiger partial charge in [-0.15, -0.1) is 0 Å². The highest BCUT2D eigenvalue weighted by Gasteiger charge is 2.09. The molecule has 0 saturated heterocycles. The van der Waals surface area contributed by atoms with Crippen LogP contribution in [0.2, 0.25) is 0 Å². The molecule has 1 aromatic rings. The maximum absolute atomic E-state index is 10.8. The normalized spacial score (nSPS) is 12.1. The molecule has 0 aliphatic rings. The highest BCUT2D eigenvalue weighted by Crippen LogP contribution is 2.13. The van der Waals surface area contributed by atoms with Gasteiger partial charge in [0.2, 0.25) is 0 Å². The van der Waals surface area contributed by atoms with E-state index in [9.17, 15) is 4.79 Å². The molecule has 1 unspecified atom stereocenters. The number of ether oxygens (including phenoxy) is 1. The summed E-state index contributed by atoms with van der Waals surface area (Å²) >= 11 is 0. The van der Waals surface area contributed by atoms with Crippen LogP contribution in [0.15, 0.2) is 24.3 Å². The summed E-state index contributed by atoms with van der Waals surface area (Å²) in [6.45, 7) is 5.63. The van der Waals surface area contributed by atoms with E-state index in [0.717, 1.165) is 19.5 Å². The van der Waals surface area contributed by atoms with Gasteiger partial charge in [-0.05, 0) is 37.6 Å². The van der Waals surface area contributed by atoms with E-state index >= 15 is 0 Å². The predicted molar refractivity (Wildman–Crippen MR) is 67.7 cm³/mol. The number of hydrogen-bond acceptors (Lipinski definition) is 3. The van der Waals surface area contributed by atoms with Gasteiger partial charge >= 0.3 is 0 Å². The summed E-state index contributed by atoms with van der Waals surface area (Å²) < 4.78 is 5.36. The quantitative estimate of drug-likeness (QED) is 0.704. The van der Waals surface area contributed by atoms with E-state index in [0.29, 0.717) is 5.75 Å². The van der Waals surface area contributed by atoms with E-state index in [1.54, 1.807) is 6.92 Å². The molecular weight excluding hydrogens is 216 g/mol. The largest absolute Gasteiger partial charge is 0.481 e. The molecule has 1 rings (SSSR count). The van der Waals surface area contributed by atoms with Gasteiger partial charge in [0.25, 0.3) is 5.91 Å². The van der Waals surface area contributed by atoms with Crippen LogP contribution in [-0.4, -0.2) is 18.6 Å². The second-order valence-electron chi connectivity index (χ2n) is 3.98. The molecule has 1 atom stereocenters. The van der Waals surface area contributed by atoms with Crippen molar-refractivity contribution in [2.45, 2.75) is 32.9 Å². The Balaban J connectivity index is 2.47. The number of amides is 1. The zero-order valence-electron chi connectivity index (χ0n) is 10.4. The zero-order chi connectivity index (χ0) is 12.7. The van der Waals surface area contributed by atoms with Gasteiger partial charge in [-0.2, -0.15) is 0 Å². The fourth-order valence-electron chi connectivity index (χ4n) is 1.36. The first-order valence-electron chi connectivity index (χ1n) is 5.89. The molecule has 17 heavy (non-hydrogen) atoms. The third kappa shape index (κ3) is 4.87. The first kappa shape index (κ1) is 13.5. The molecule has 0 spiro atoms. The summed E-state index contributed by atoms with van der Waals surface area (Å²) in [4.78, 5) is 10.8. The molecule has 0 heterocycles. The Labute approximate surface area is 102 Å². The number of primary amides is 1. The predicted octanol–water partition coefficient (Wildman–Crippen LogP) is 1.44. The minimum absolute atomic E-state index is 0.460. The van der Waals surface area contributed by atoms with E-state index < -0.39 is 12.0 Å². The molecule has 0 aliphatic carbocycles. The second-order valence-corrected chi connectivity index (χ2v) is 3.98. The molecule has 3 N–H and O–H groups in total. The lowest BCUT2D eigenvalue weighted by Gasteiger charge is -2.11. The topological polar surface area (TPSA) is 64.3 Å². The van der Waals surface area contributed by atoms with Gasteiger partial charge in [-0.25, -0.2) is 0 Å². The third-order valence-corrected chi connectivity index (χ3v) is 2.39. The molecular formula is C13H20N2O2. The Kier molecular flexibility index (Phi) is 5.49. The lowest BCUT2D eigenvalue weighted by atomic mass is 10.2. The highest BCUT2D eigenvalue weighted by atomic mass is 16.5. The van der Waals surface area contributed by atoms with Gasteiger partial charge < -0.3 is 15.8 Å². The maximum atomic E-state index is 10.8. The Morgan fingerprint density at radius 3 is 2.59 bits per heavy atom. The van der Waals surface area contributed by atoms with Crippen molar-refractivity contribution < 1.29 is 9.53 Å². The van der Waals surface area contributed by atoms with Gasteiger partial charge in [-0.1, -0.05) is 19.1 Å². The molecule has 4 nitrogen and oxygen atoms in total. The molecule has 0 bridgehead atoms. The molecule has 1 aromatic carbocycles. The molecule has 4 heteroatoms. The number of nitrogens with two attached hydrogens (primary N) is 1. The lowest BCUT2D eigenvalue weighted by molar-refractivity contribution is -0.123. The van der Waals surface area contributed by atoms with E-state index in [1.807, 2.05) is 24.3 Å². The summed E-state index contributed by atoms with van der Waals surface area (Å²) in [7, 11) is 0. The van der Waals surface area contributed by atoms with Gasteiger partial charge in [0.15, 0.2) is 6.10 Å². The number of nitrogens with one attached hydrogen (secondary N) is 1. The van der Waals surface area contributed by atoms with Crippen LogP contribution in [-0.2, 0) is 11.3 Å². The van der Waals surface area contributed by atoms with Crippen molar-refractivity contribution in [2.75, 3.05) is 6.54 Å². The average molecular weight is 236 g/mol. The number of carbonyl (C=O) groups excluding carboxylic acids is 1. The molecule has 0 radical (unpaired) electrons. The van der Waals surface area contributed by atoms with Crippen LogP contribution >= 0.6 is 0 Å². The van der Waals surface area contributed by atoms with Gasteiger partial charge in [0, 0.05) is 6.54 Å². The standard InChI is InChI=1S/C13H20N2O2/c1-3-8-15-9-11-4-6-12(7-5-11)17-10(2)13(14)16/h4-7,10,15H,3,8-9H2,1-2H3,(H2,14,16). The summed E-state index contributed by atoms with van der Waals surface area (Å²) in [5.41, 5.74) is 6.31. The van der Waals surface area contributed by atoms with Crippen molar-refractivity contribution in [3.63, 3.8) is 0 Å². The molecule has 0 aromatic heterocycles. The van der Waals surface area contributed by atoms with Crippen LogP contribution < -0.4 is 15.8 Å². The molecule has 0 aliphatic heterocycles. The van der Waals surface area contributed by atoms with Crippen molar-refractivity contribution in [1.29, 1.82) is 0 Å². The molecule has 94 valence electrons. The fraction of sp³-hybridized carbons (Fsp3) is 0.462. The van der Waals surface area contributed by atoms with Crippen LogP contribution in [0.4, 0.5) is 0 Å². The van der Waals surface area contributed by atoms with Crippen molar-refractivity contribution in [1.82, 2.24) is 5.32 Å². The van der Waals surface area contributed by atoms with Crippen molar-refractivity contribution in [2.24, 2.45) is 5.73 Å². The Bertz CT molecular complexity index is 349. The maximum Gasteiger partial charge on any atom is 0.258 e. The van der Waals surface area contributed by atoms with Crippen LogP contribution in [0.5, 0.6) is 5.75 Å². The molecule has 1 amide bonds. The Hall–Kier alpha value is -1.55. The second kappa shape index (κ2) is 6.91. The first-order valence-corrected chi connectivity index (χ1v) is 5.89. The average Bonchev–Trinajstić information content (AvgIpc) is 2.31. The summed E-state index contributed by atoms with van der Waals surface area (Å²) in [6, 6.07) is 7.65. The monoisotopic (exact) mass is 236 g/mol. The fourth-order valence-corrected chi connectivity index (χ4v) is 1.36. The Morgan fingerprint density at radius 1 is 1.41 bits per heavy atom. The van der Waals surface area contributed by atoms with E-state index in [2.05, 4.69) is 12.2 Å². The van der Waals surface area contributed by atoms with Gasteiger partial charge in [0.1, 0.15) is 5.75 Å². The van der Waals surface area contributed by atoms with E-state index in [1.165, 1.54) is 5.56 Å². The van der Waals surface area contributed by atoms with E-state index in [-0.39, 0.29) is 0 Å². The SMILES string of the molecule is CCCNCc1ccc(OC(C)C(N)=O)cc1. The van der Waals surface area contributed by atoms with E-state index in [4.69, 9.17) is 10.5 Å². The summed E-state index contributed by atoms with van der Waals surface area (Å²) in [6.07, 6.45) is 0.524. The number of benzene rings is 1. The number of carbonyl (C=O) groups is 1. The first-order chi connectivity index (χ1) is 8.13. The van der Waals surface area contributed by atoms with Crippen LogP contribution in [0.3, 0.4) is 0 Å². The summed E-state index contributed by atoms with van der Waals surface area (Å²) in [5, 5.41) is 3.31. The smallest absolute Gasteiger partial charge is 0.258 e. The van der Waals surface area contributed by atoms with Gasteiger partial charge in [0.05, 0.1) is 0 Å². The Morgan fingerprint density at radius 2 is 2.06 bits per heavy atom. The molecule has 0 saturated carbocycles. The van der Waals surface area contributed by atoms with Crippen LogP contribution in [0.1, 0.15) is 25.8 Å². The van der Waals surface area contributed by atoms with Crippen molar-refractivity contribution in [3.05, 3.63) is 29.8 Å². The summed E-state index contributed by atoms with van der Waals surface area (Å²) in [5.74, 6) is 0.203. The number of rotatable bonds is 7. The minimum atomic E-state index is -0.598. The third-order valence-electron chi connectivity index (χ3n) is 2.39. The zero-order valence-corrected chi connectivity index (χ0v) is 10.4. The minimum Gasteiger partial charge on any atom is -0.481 e. The lowest BCUT2D eigenvalue weighted by Crippen LogP contribution is -2.30. The molecule has 0 fully saturated rings.